The zero-order valence-corrected chi connectivity index (χ0v) is 14.3. The first-order valence-corrected chi connectivity index (χ1v) is 8.56. The molecule has 3 aromatic rings. The van der Waals surface area contributed by atoms with Crippen molar-refractivity contribution < 1.29 is 4.79 Å². The molecule has 4 nitrogen and oxygen atoms in total. The minimum atomic E-state index is 0.651. The van der Waals surface area contributed by atoms with Crippen LogP contribution in [0.15, 0.2) is 48.8 Å². The molecular weight excluding hydrogens is 318 g/mol. The molecular formula is C19H19N3OS. The van der Waals surface area contributed by atoms with Crippen LogP contribution in [-0.4, -0.2) is 17.9 Å². The van der Waals surface area contributed by atoms with E-state index in [1.165, 1.54) is 21.6 Å². The van der Waals surface area contributed by atoms with E-state index in [9.17, 15) is 4.79 Å². The number of pyridine rings is 1. The summed E-state index contributed by atoms with van der Waals surface area (Å²) in [6, 6.07) is 12.6. The van der Waals surface area contributed by atoms with Gasteiger partial charge in [-0.2, -0.15) is 0 Å². The van der Waals surface area contributed by atoms with E-state index >= 15 is 0 Å². The number of nitrogens with one attached hydrogen (secondary N) is 1. The normalized spacial score (nSPS) is 10.5. The first-order valence-electron chi connectivity index (χ1n) is 7.75. The van der Waals surface area contributed by atoms with Crippen molar-refractivity contribution in [2.45, 2.75) is 13.3 Å². The largest absolute Gasteiger partial charge is 0.397 e. The lowest BCUT2D eigenvalue weighted by Crippen LogP contribution is -2.14. The highest BCUT2D eigenvalue weighted by molar-refractivity contribution is 7.18. The Labute approximate surface area is 145 Å². The van der Waals surface area contributed by atoms with Crippen molar-refractivity contribution in [1.82, 2.24) is 10.3 Å². The topological polar surface area (TPSA) is 68.0 Å². The van der Waals surface area contributed by atoms with Gasteiger partial charge in [0.2, 0.25) is 6.41 Å². The van der Waals surface area contributed by atoms with E-state index in [2.05, 4.69) is 47.6 Å². The molecule has 0 saturated carbocycles. The van der Waals surface area contributed by atoms with E-state index in [1.54, 1.807) is 17.5 Å². The van der Waals surface area contributed by atoms with Crippen LogP contribution in [0.25, 0.3) is 20.9 Å². The summed E-state index contributed by atoms with van der Waals surface area (Å²) in [6.07, 6.45) is 5.05. The van der Waals surface area contributed by atoms with Crippen LogP contribution in [0.5, 0.6) is 0 Å². The molecule has 1 amide bonds. The van der Waals surface area contributed by atoms with Crippen LogP contribution in [0.4, 0.5) is 5.69 Å². The first kappa shape index (κ1) is 16.2. The Kier molecular flexibility index (Phi) is 4.91. The Morgan fingerprint density at radius 3 is 2.67 bits per heavy atom. The average molecular weight is 337 g/mol. The summed E-state index contributed by atoms with van der Waals surface area (Å²) in [7, 11) is 0. The predicted molar refractivity (Wildman–Crippen MR) is 99.9 cm³/mol. The molecule has 1 aromatic carbocycles. The van der Waals surface area contributed by atoms with E-state index < -0.39 is 0 Å². The van der Waals surface area contributed by atoms with Gasteiger partial charge in [0, 0.05) is 34.3 Å². The van der Waals surface area contributed by atoms with Gasteiger partial charge in [-0.05, 0) is 48.2 Å². The van der Waals surface area contributed by atoms with Gasteiger partial charge in [0.25, 0.3) is 0 Å². The van der Waals surface area contributed by atoms with Crippen molar-refractivity contribution in [2.75, 3.05) is 12.3 Å². The summed E-state index contributed by atoms with van der Waals surface area (Å²) < 4.78 is 0. The minimum Gasteiger partial charge on any atom is -0.397 e. The van der Waals surface area contributed by atoms with Crippen LogP contribution < -0.4 is 11.1 Å². The summed E-state index contributed by atoms with van der Waals surface area (Å²) in [5.41, 5.74) is 11.2. The fraction of sp³-hybridized carbons (Fsp3) is 0.158. The van der Waals surface area contributed by atoms with Crippen molar-refractivity contribution in [1.29, 1.82) is 0 Å². The van der Waals surface area contributed by atoms with Crippen molar-refractivity contribution in [2.24, 2.45) is 0 Å². The Morgan fingerprint density at radius 2 is 1.92 bits per heavy atom. The van der Waals surface area contributed by atoms with Crippen LogP contribution in [0, 0.1) is 6.92 Å². The molecule has 0 bridgehead atoms. The number of carbonyl (C=O) groups excluding carboxylic acids is 1. The van der Waals surface area contributed by atoms with E-state index in [0.29, 0.717) is 12.2 Å². The highest BCUT2D eigenvalue weighted by Gasteiger charge is 2.08. The fourth-order valence-corrected chi connectivity index (χ4v) is 3.58. The maximum absolute atomic E-state index is 10.4. The molecule has 0 radical (unpaired) electrons. The van der Waals surface area contributed by atoms with Crippen molar-refractivity contribution in [3.63, 3.8) is 0 Å². The third-order valence-corrected chi connectivity index (χ3v) is 5.09. The Morgan fingerprint density at radius 1 is 1.12 bits per heavy atom. The van der Waals surface area contributed by atoms with Gasteiger partial charge in [0.05, 0.1) is 5.69 Å². The highest BCUT2D eigenvalue weighted by atomic mass is 32.1. The van der Waals surface area contributed by atoms with Gasteiger partial charge in [0.1, 0.15) is 0 Å². The number of aromatic nitrogens is 1. The smallest absolute Gasteiger partial charge is 0.207 e. The molecule has 2 aromatic heterocycles. The molecule has 0 saturated heterocycles. The zero-order valence-electron chi connectivity index (χ0n) is 13.5. The number of hydrogen-bond acceptors (Lipinski definition) is 4. The molecule has 0 spiro atoms. The molecule has 0 fully saturated rings. The van der Waals surface area contributed by atoms with Crippen LogP contribution >= 0.6 is 11.3 Å². The number of amides is 1. The second-order valence-corrected chi connectivity index (χ2v) is 6.72. The maximum atomic E-state index is 10.4. The molecule has 0 aliphatic carbocycles. The van der Waals surface area contributed by atoms with Crippen molar-refractivity contribution in [3.8, 4) is 20.9 Å². The van der Waals surface area contributed by atoms with Gasteiger partial charge in [-0.25, -0.2) is 0 Å². The number of anilines is 1. The second-order valence-electron chi connectivity index (χ2n) is 5.63. The van der Waals surface area contributed by atoms with Crippen LogP contribution in [-0.2, 0) is 11.2 Å². The predicted octanol–water partition coefficient (Wildman–Crippen LogP) is 3.66. The van der Waals surface area contributed by atoms with Gasteiger partial charge in [0.15, 0.2) is 0 Å². The Bertz CT molecular complexity index is 857. The van der Waals surface area contributed by atoms with Crippen molar-refractivity contribution in [3.05, 3.63) is 59.9 Å². The lowest BCUT2D eigenvalue weighted by molar-refractivity contribution is -0.109. The monoisotopic (exact) mass is 337 g/mol. The van der Waals surface area contributed by atoms with Crippen LogP contribution in [0.1, 0.15) is 11.1 Å². The first-order chi connectivity index (χ1) is 11.7. The van der Waals surface area contributed by atoms with Gasteiger partial charge < -0.3 is 11.1 Å². The number of hydrogen-bond donors (Lipinski definition) is 2. The quantitative estimate of drug-likeness (QED) is 0.533. The lowest BCUT2D eigenvalue weighted by atomic mass is 10.0. The molecule has 24 heavy (non-hydrogen) atoms. The van der Waals surface area contributed by atoms with E-state index in [4.69, 9.17) is 5.73 Å². The van der Waals surface area contributed by atoms with Crippen LogP contribution in [0.2, 0.25) is 0 Å². The highest BCUT2D eigenvalue weighted by Crippen LogP contribution is 2.35. The minimum absolute atomic E-state index is 0.651. The van der Waals surface area contributed by atoms with Gasteiger partial charge in [-0.1, -0.05) is 18.2 Å². The molecule has 0 aliphatic rings. The Hall–Kier alpha value is -2.66. The standard InChI is InChI=1S/C19H19N3OS/c1-13-2-3-15(8-14(13)6-7-21-12-23)18-4-5-19(24-18)16-9-17(20)11-22-10-16/h2-5,8-12H,6-7,20H2,1H3,(H,21,23). The fourth-order valence-electron chi connectivity index (χ4n) is 2.60. The summed E-state index contributed by atoms with van der Waals surface area (Å²) >= 11 is 1.72. The number of carbonyl (C=O) groups is 1. The molecule has 0 unspecified atom stereocenters. The van der Waals surface area contributed by atoms with Gasteiger partial charge in [-0.15, -0.1) is 11.3 Å². The zero-order chi connectivity index (χ0) is 16.9. The van der Waals surface area contributed by atoms with E-state index in [1.807, 2.05) is 12.3 Å². The third kappa shape index (κ3) is 3.63. The number of benzene rings is 1. The third-order valence-electron chi connectivity index (χ3n) is 3.91. The van der Waals surface area contributed by atoms with Crippen LogP contribution in [0.3, 0.4) is 0 Å². The maximum Gasteiger partial charge on any atom is 0.207 e. The molecule has 5 heteroatoms. The second kappa shape index (κ2) is 7.27. The number of nitrogens with zero attached hydrogens (tertiary/aromatic N) is 1. The number of rotatable bonds is 6. The molecule has 2 heterocycles. The SMILES string of the molecule is Cc1ccc(-c2ccc(-c3cncc(N)c3)s2)cc1CCNC=O. The molecule has 0 aliphatic heterocycles. The molecule has 3 rings (SSSR count). The molecule has 0 atom stereocenters. The number of nitrogen functional groups attached to an aromatic ring is 1. The van der Waals surface area contributed by atoms with E-state index in [0.717, 1.165) is 23.3 Å². The number of nitrogens with two attached hydrogens (primary N) is 1. The molecule has 122 valence electrons. The van der Waals surface area contributed by atoms with Gasteiger partial charge in [-0.3, -0.25) is 9.78 Å². The summed E-state index contributed by atoms with van der Waals surface area (Å²) in [5, 5.41) is 2.72. The lowest BCUT2D eigenvalue weighted by Gasteiger charge is -2.08. The number of aryl methyl sites for hydroxylation is 1. The molecule has 3 N–H and O–H groups in total. The Balaban J connectivity index is 1.87. The summed E-state index contributed by atoms with van der Waals surface area (Å²) in [5.74, 6) is 0. The summed E-state index contributed by atoms with van der Waals surface area (Å²) in [6.45, 7) is 2.75. The average Bonchev–Trinajstić information content (AvgIpc) is 3.07. The number of thiophene rings is 1. The van der Waals surface area contributed by atoms with Gasteiger partial charge >= 0.3 is 0 Å². The van der Waals surface area contributed by atoms with E-state index in [-0.39, 0.29) is 0 Å². The summed E-state index contributed by atoms with van der Waals surface area (Å²) in [4.78, 5) is 16.9. The van der Waals surface area contributed by atoms with Crippen molar-refractivity contribution >= 4 is 23.4 Å².